The van der Waals surface area contributed by atoms with Crippen molar-refractivity contribution >= 4 is 16.9 Å². The molecule has 0 bridgehead atoms. The number of hydrogen-bond acceptors (Lipinski definition) is 5. The second-order valence-corrected chi connectivity index (χ2v) is 5.56. The third-order valence-electron chi connectivity index (χ3n) is 3.90. The van der Waals surface area contributed by atoms with Crippen LogP contribution in [0.1, 0.15) is 44.0 Å². The molecule has 0 aliphatic carbocycles. The molecular formula is C17H22N6. The summed E-state index contributed by atoms with van der Waals surface area (Å²) in [5.41, 5.74) is 3.81. The molecule has 3 heterocycles. The number of nitrogens with zero attached hydrogens (tertiary/aromatic N) is 5. The minimum absolute atomic E-state index is 0.0551. The van der Waals surface area contributed by atoms with Gasteiger partial charge in [-0.2, -0.15) is 5.10 Å². The Morgan fingerprint density at radius 3 is 2.70 bits per heavy atom. The molecule has 0 fully saturated rings. The van der Waals surface area contributed by atoms with E-state index in [1.807, 2.05) is 29.8 Å². The first kappa shape index (κ1) is 15.4. The highest BCUT2D eigenvalue weighted by Crippen LogP contribution is 2.26. The Kier molecular flexibility index (Phi) is 4.23. The predicted molar refractivity (Wildman–Crippen MR) is 91.4 cm³/mol. The lowest BCUT2D eigenvalue weighted by atomic mass is 10.2. The number of nitrogens with one attached hydrogen (secondary N) is 1. The summed E-state index contributed by atoms with van der Waals surface area (Å²) < 4.78 is 1.96. The lowest BCUT2D eigenvalue weighted by molar-refractivity contribution is 0.674. The lowest BCUT2D eigenvalue weighted by Gasteiger charge is -2.16. The molecule has 1 unspecified atom stereocenters. The van der Waals surface area contributed by atoms with Crippen molar-refractivity contribution in [1.82, 2.24) is 24.7 Å². The number of aromatic nitrogens is 5. The van der Waals surface area contributed by atoms with Crippen LogP contribution in [0.4, 0.5) is 5.82 Å². The fourth-order valence-corrected chi connectivity index (χ4v) is 2.68. The van der Waals surface area contributed by atoms with Gasteiger partial charge in [-0.1, -0.05) is 13.0 Å². The van der Waals surface area contributed by atoms with E-state index in [1.165, 1.54) is 0 Å². The van der Waals surface area contributed by atoms with Gasteiger partial charge in [-0.25, -0.2) is 9.97 Å². The summed E-state index contributed by atoms with van der Waals surface area (Å²) in [6.45, 7) is 9.00. The molecule has 0 saturated carbocycles. The Morgan fingerprint density at radius 1 is 1.22 bits per heavy atom. The molecule has 3 aromatic heterocycles. The Balaban J connectivity index is 2.08. The molecule has 0 aromatic carbocycles. The van der Waals surface area contributed by atoms with Gasteiger partial charge in [0.25, 0.3) is 0 Å². The number of pyridine rings is 1. The van der Waals surface area contributed by atoms with Crippen molar-refractivity contribution in [2.45, 2.75) is 46.7 Å². The van der Waals surface area contributed by atoms with Gasteiger partial charge in [0.05, 0.1) is 17.4 Å². The second-order valence-electron chi connectivity index (χ2n) is 5.56. The molecule has 0 saturated heterocycles. The molecule has 23 heavy (non-hydrogen) atoms. The quantitative estimate of drug-likeness (QED) is 0.783. The summed E-state index contributed by atoms with van der Waals surface area (Å²) in [4.78, 5) is 13.8. The normalized spacial score (nSPS) is 12.5. The maximum absolute atomic E-state index is 4.70. The average Bonchev–Trinajstić information content (AvgIpc) is 2.92. The molecule has 1 N–H and O–H groups in total. The van der Waals surface area contributed by atoms with Crippen LogP contribution in [0.3, 0.4) is 0 Å². The van der Waals surface area contributed by atoms with Gasteiger partial charge in [0.1, 0.15) is 16.9 Å². The van der Waals surface area contributed by atoms with Gasteiger partial charge in [0.2, 0.25) is 0 Å². The summed E-state index contributed by atoms with van der Waals surface area (Å²) in [6, 6.07) is 5.98. The van der Waals surface area contributed by atoms with Gasteiger partial charge in [0, 0.05) is 19.2 Å². The third kappa shape index (κ3) is 2.88. The molecule has 6 heteroatoms. The smallest absolute Gasteiger partial charge is 0.156 e. The fourth-order valence-electron chi connectivity index (χ4n) is 2.68. The zero-order valence-corrected chi connectivity index (χ0v) is 14.0. The molecule has 0 aliphatic rings. The van der Waals surface area contributed by atoms with Crippen molar-refractivity contribution < 1.29 is 0 Å². The van der Waals surface area contributed by atoms with E-state index in [1.54, 1.807) is 6.20 Å². The van der Waals surface area contributed by atoms with E-state index in [9.17, 15) is 0 Å². The van der Waals surface area contributed by atoms with E-state index in [0.29, 0.717) is 0 Å². The predicted octanol–water partition coefficient (Wildman–Crippen LogP) is 3.29. The third-order valence-corrected chi connectivity index (χ3v) is 3.90. The van der Waals surface area contributed by atoms with E-state index in [4.69, 9.17) is 4.98 Å². The average molecular weight is 310 g/mol. The summed E-state index contributed by atoms with van der Waals surface area (Å²) in [6.07, 6.45) is 2.60. The Morgan fingerprint density at radius 2 is 2.04 bits per heavy atom. The minimum Gasteiger partial charge on any atom is -0.360 e. The Bertz CT molecular complexity index is 809. The first-order valence-electron chi connectivity index (χ1n) is 8.05. The van der Waals surface area contributed by atoms with Crippen molar-refractivity contribution in [3.63, 3.8) is 0 Å². The van der Waals surface area contributed by atoms with E-state index >= 15 is 0 Å². The molecule has 0 aliphatic heterocycles. The number of rotatable bonds is 5. The van der Waals surface area contributed by atoms with Crippen molar-refractivity contribution in [3.05, 3.63) is 41.6 Å². The van der Waals surface area contributed by atoms with E-state index in [-0.39, 0.29) is 6.04 Å². The number of fused-ring (bicyclic) bond motifs is 1. The van der Waals surface area contributed by atoms with Crippen molar-refractivity contribution in [2.24, 2.45) is 0 Å². The minimum atomic E-state index is 0.0551. The van der Waals surface area contributed by atoms with Gasteiger partial charge in [-0.05, 0) is 32.9 Å². The van der Waals surface area contributed by atoms with Gasteiger partial charge in [-0.3, -0.25) is 9.67 Å². The number of hydrogen-bond donors (Lipinski definition) is 1. The Hall–Kier alpha value is -2.50. The standard InChI is InChI=1S/C17H22N6/c1-5-14-20-15-12(4)22-23(6-2)16(15)17(21-14)19-11(3)13-9-7-8-10-18-13/h7-11H,5-6H2,1-4H3,(H,19,20,21). The molecule has 0 amide bonds. The van der Waals surface area contributed by atoms with Gasteiger partial charge in [-0.15, -0.1) is 0 Å². The van der Waals surface area contributed by atoms with Crippen LogP contribution in [0.15, 0.2) is 24.4 Å². The first-order chi connectivity index (χ1) is 11.1. The number of anilines is 1. The summed E-state index contributed by atoms with van der Waals surface area (Å²) >= 11 is 0. The highest BCUT2D eigenvalue weighted by Gasteiger charge is 2.17. The van der Waals surface area contributed by atoms with E-state index < -0.39 is 0 Å². The van der Waals surface area contributed by atoms with Crippen molar-refractivity contribution in [2.75, 3.05) is 5.32 Å². The highest BCUT2D eigenvalue weighted by atomic mass is 15.3. The van der Waals surface area contributed by atoms with E-state index in [0.717, 1.165) is 47.0 Å². The molecule has 0 spiro atoms. The topological polar surface area (TPSA) is 68.5 Å². The van der Waals surface area contributed by atoms with Crippen molar-refractivity contribution in [3.8, 4) is 0 Å². The van der Waals surface area contributed by atoms with Gasteiger partial charge < -0.3 is 5.32 Å². The molecule has 0 radical (unpaired) electrons. The first-order valence-corrected chi connectivity index (χ1v) is 8.05. The van der Waals surface area contributed by atoms with Crippen LogP contribution in [0, 0.1) is 6.92 Å². The number of aryl methyl sites for hydroxylation is 3. The van der Waals surface area contributed by atoms with Crippen LogP contribution in [0.25, 0.3) is 11.0 Å². The molecule has 3 rings (SSSR count). The Labute approximate surface area is 136 Å². The zero-order valence-electron chi connectivity index (χ0n) is 14.0. The monoisotopic (exact) mass is 310 g/mol. The molecule has 1 atom stereocenters. The van der Waals surface area contributed by atoms with Crippen LogP contribution < -0.4 is 5.32 Å². The van der Waals surface area contributed by atoms with Crippen LogP contribution in [-0.2, 0) is 13.0 Å². The summed E-state index contributed by atoms with van der Waals surface area (Å²) in [7, 11) is 0. The van der Waals surface area contributed by atoms with Crippen molar-refractivity contribution in [1.29, 1.82) is 0 Å². The lowest BCUT2D eigenvalue weighted by Crippen LogP contribution is -2.12. The zero-order chi connectivity index (χ0) is 16.4. The van der Waals surface area contributed by atoms with E-state index in [2.05, 4.69) is 41.2 Å². The molecular weight excluding hydrogens is 288 g/mol. The maximum Gasteiger partial charge on any atom is 0.156 e. The van der Waals surface area contributed by atoms with Crippen LogP contribution in [0.5, 0.6) is 0 Å². The maximum atomic E-state index is 4.70. The summed E-state index contributed by atoms with van der Waals surface area (Å²) in [5.74, 6) is 1.65. The highest BCUT2D eigenvalue weighted by molar-refractivity contribution is 5.87. The molecule has 3 aromatic rings. The van der Waals surface area contributed by atoms with Gasteiger partial charge in [0.15, 0.2) is 5.82 Å². The second kappa shape index (κ2) is 6.32. The SMILES string of the molecule is CCc1nc(NC(C)c2ccccn2)c2c(n1)c(C)nn2CC. The van der Waals surface area contributed by atoms with Crippen LogP contribution in [0.2, 0.25) is 0 Å². The van der Waals surface area contributed by atoms with Crippen LogP contribution >= 0.6 is 0 Å². The fraction of sp³-hybridized carbons (Fsp3) is 0.412. The van der Waals surface area contributed by atoms with Crippen LogP contribution in [-0.4, -0.2) is 24.7 Å². The summed E-state index contributed by atoms with van der Waals surface area (Å²) in [5, 5.41) is 8.07. The largest absolute Gasteiger partial charge is 0.360 e. The molecule has 6 nitrogen and oxygen atoms in total. The van der Waals surface area contributed by atoms with Gasteiger partial charge >= 0.3 is 0 Å². The molecule has 120 valence electrons.